The first-order valence-corrected chi connectivity index (χ1v) is 12.0. The van der Waals surface area contributed by atoms with Gasteiger partial charge >= 0.3 is 0 Å². The molecule has 0 bridgehead atoms. The van der Waals surface area contributed by atoms with Crippen LogP contribution in [0.15, 0.2) is 83.7 Å². The molecule has 176 valence electrons. The predicted molar refractivity (Wildman–Crippen MR) is 134 cm³/mol. The normalized spacial score (nSPS) is 14.8. The minimum Gasteiger partial charge on any atom is -0.454 e. The molecule has 0 saturated heterocycles. The summed E-state index contributed by atoms with van der Waals surface area (Å²) in [5.41, 5.74) is 4.94. The van der Waals surface area contributed by atoms with Crippen LogP contribution in [0, 0.1) is 6.92 Å². The van der Waals surface area contributed by atoms with Crippen molar-refractivity contribution in [1.29, 1.82) is 0 Å². The van der Waals surface area contributed by atoms with E-state index in [9.17, 15) is 4.79 Å². The quantitative estimate of drug-likeness (QED) is 0.435. The molecule has 0 aliphatic carbocycles. The number of rotatable bonds is 5. The fourth-order valence-corrected chi connectivity index (χ4v) is 5.22. The number of benzene rings is 3. The Morgan fingerprint density at radius 3 is 2.34 bits per heavy atom. The van der Waals surface area contributed by atoms with Crippen molar-refractivity contribution in [3.8, 4) is 11.5 Å². The lowest BCUT2D eigenvalue weighted by Crippen LogP contribution is -2.40. The molecule has 35 heavy (non-hydrogen) atoms. The molecule has 0 atom stereocenters. The van der Waals surface area contributed by atoms with Crippen molar-refractivity contribution in [1.82, 2.24) is 14.5 Å². The van der Waals surface area contributed by atoms with Crippen LogP contribution in [0.25, 0.3) is 0 Å². The highest BCUT2D eigenvalue weighted by molar-refractivity contribution is 5.48. The van der Waals surface area contributed by atoms with Gasteiger partial charge in [-0.1, -0.05) is 72.8 Å². The van der Waals surface area contributed by atoms with Gasteiger partial charge in [-0.3, -0.25) is 14.3 Å². The van der Waals surface area contributed by atoms with E-state index in [1.807, 2.05) is 60.0 Å². The molecule has 2 aliphatic heterocycles. The number of aromatic nitrogens is 2. The molecule has 1 aromatic heterocycles. The third-order valence-electron chi connectivity index (χ3n) is 6.88. The van der Waals surface area contributed by atoms with Gasteiger partial charge in [-0.2, -0.15) is 0 Å². The summed E-state index contributed by atoms with van der Waals surface area (Å²) in [6.45, 7) is 4.29. The largest absolute Gasteiger partial charge is 0.454 e. The van der Waals surface area contributed by atoms with E-state index in [-0.39, 0.29) is 18.4 Å². The lowest BCUT2D eigenvalue weighted by Gasteiger charge is -2.30. The lowest BCUT2D eigenvalue weighted by molar-refractivity contribution is 0.171. The molecule has 3 aromatic carbocycles. The fraction of sp³-hybridized carbons (Fsp3) is 0.241. The molecule has 0 fully saturated rings. The maximum absolute atomic E-state index is 14.1. The van der Waals surface area contributed by atoms with Crippen LogP contribution in [0.5, 0.6) is 11.5 Å². The number of ether oxygens (including phenoxy) is 2. The summed E-state index contributed by atoms with van der Waals surface area (Å²) in [5, 5.41) is 0. The number of nitrogens with zero attached hydrogens (tertiary/aromatic N) is 3. The minimum atomic E-state index is -0.235. The molecule has 0 saturated carbocycles. The monoisotopic (exact) mass is 465 g/mol. The molecular weight excluding hydrogens is 438 g/mol. The molecule has 0 radical (unpaired) electrons. The zero-order valence-electron chi connectivity index (χ0n) is 19.7. The van der Waals surface area contributed by atoms with E-state index in [2.05, 4.69) is 35.2 Å². The van der Waals surface area contributed by atoms with E-state index in [0.717, 1.165) is 58.2 Å². The zero-order valence-corrected chi connectivity index (χ0v) is 19.7. The summed E-state index contributed by atoms with van der Waals surface area (Å²) in [6, 6.07) is 26.1. The van der Waals surface area contributed by atoms with E-state index in [1.54, 1.807) is 0 Å². The van der Waals surface area contributed by atoms with Gasteiger partial charge in [0.25, 0.3) is 5.56 Å². The second kappa shape index (κ2) is 9.04. The van der Waals surface area contributed by atoms with Gasteiger partial charge in [0, 0.05) is 31.6 Å². The molecule has 6 heteroatoms. The number of hydrogen-bond donors (Lipinski definition) is 0. The molecular formula is C29H27N3O3. The highest BCUT2D eigenvalue weighted by Gasteiger charge is 2.28. The molecule has 0 amide bonds. The SMILES string of the molecule is Cc1nc2c(c(=O)n1C(c1ccccc1)c1ccccc1)CN(Cc1cccc3c1OCO3)CC2. The Labute approximate surface area is 204 Å². The summed E-state index contributed by atoms with van der Waals surface area (Å²) in [4.78, 5) is 21.3. The van der Waals surface area contributed by atoms with Gasteiger partial charge in [0.1, 0.15) is 5.82 Å². The van der Waals surface area contributed by atoms with Gasteiger partial charge < -0.3 is 9.47 Å². The first-order chi connectivity index (χ1) is 17.2. The summed E-state index contributed by atoms with van der Waals surface area (Å²) in [5.74, 6) is 2.34. The second-order valence-electron chi connectivity index (χ2n) is 9.09. The summed E-state index contributed by atoms with van der Waals surface area (Å²) < 4.78 is 13.1. The molecule has 3 heterocycles. The molecule has 0 spiro atoms. The van der Waals surface area contributed by atoms with Crippen LogP contribution in [0.3, 0.4) is 0 Å². The van der Waals surface area contributed by atoms with Gasteiger partial charge in [-0.25, -0.2) is 4.98 Å². The number of fused-ring (bicyclic) bond motifs is 2. The van der Waals surface area contributed by atoms with Crippen LogP contribution >= 0.6 is 0 Å². The van der Waals surface area contributed by atoms with E-state index < -0.39 is 0 Å². The Kier molecular flexibility index (Phi) is 5.58. The third-order valence-corrected chi connectivity index (χ3v) is 6.88. The van der Waals surface area contributed by atoms with Crippen molar-refractivity contribution in [2.24, 2.45) is 0 Å². The second-order valence-corrected chi connectivity index (χ2v) is 9.09. The third kappa shape index (κ3) is 4.00. The van der Waals surface area contributed by atoms with Crippen LogP contribution in [0.1, 0.15) is 39.8 Å². The van der Waals surface area contributed by atoms with Crippen molar-refractivity contribution in [2.45, 2.75) is 32.5 Å². The van der Waals surface area contributed by atoms with Crippen LogP contribution < -0.4 is 15.0 Å². The minimum absolute atomic E-state index is 0.0350. The van der Waals surface area contributed by atoms with Crippen molar-refractivity contribution in [3.05, 3.63) is 123 Å². The lowest BCUT2D eigenvalue weighted by atomic mass is 9.97. The Morgan fingerprint density at radius 2 is 1.63 bits per heavy atom. The molecule has 6 nitrogen and oxygen atoms in total. The average Bonchev–Trinajstić information content (AvgIpc) is 3.38. The van der Waals surface area contributed by atoms with Gasteiger partial charge in [0.2, 0.25) is 6.79 Å². The van der Waals surface area contributed by atoms with Gasteiger partial charge in [-0.05, 0) is 24.1 Å². The smallest absolute Gasteiger partial charge is 0.259 e. The highest BCUT2D eigenvalue weighted by atomic mass is 16.7. The standard InChI is InChI=1S/C29H27N3O3/c1-20-30-25-15-16-31(17-23-13-8-14-26-28(23)35-19-34-26)18-24(25)29(33)32(20)27(21-9-4-2-5-10-21)22-11-6-3-7-12-22/h2-14,27H,15-19H2,1H3. The Balaban J connectivity index is 1.39. The summed E-state index contributed by atoms with van der Waals surface area (Å²) >= 11 is 0. The van der Waals surface area contributed by atoms with E-state index in [0.29, 0.717) is 13.1 Å². The first-order valence-electron chi connectivity index (χ1n) is 12.0. The van der Waals surface area contributed by atoms with E-state index in [1.165, 1.54) is 0 Å². The van der Waals surface area contributed by atoms with E-state index in [4.69, 9.17) is 14.5 Å². The Bertz CT molecular complexity index is 1380. The van der Waals surface area contributed by atoms with Gasteiger partial charge in [0.15, 0.2) is 11.5 Å². The van der Waals surface area contributed by atoms with Gasteiger partial charge in [-0.15, -0.1) is 0 Å². The van der Waals surface area contributed by atoms with E-state index >= 15 is 0 Å². The molecule has 0 N–H and O–H groups in total. The number of para-hydroxylation sites is 1. The Morgan fingerprint density at radius 1 is 0.914 bits per heavy atom. The number of hydrogen-bond acceptors (Lipinski definition) is 5. The molecule has 2 aliphatic rings. The molecule has 4 aromatic rings. The van der Waals surface area contributed by atoms with Crippen molar-refractivity contribution < 1.29 is 9.47 Å². The summed E-state index contributed by atoms with van der Waals surface area (Å²) in [7, 11) is 0. The molecule has 0 unspecified atom stereocenters. The first kappa shape index (κ1) is 21.6. The van der Waals surface area contributed by atoms with Crippen LogP contribution in [0.4, 0.5) is 0 Å². The van der Waals surface area contributed by atoms with Crippen LogP contribution in [-0.2, 0) is 19.5 Å². The Hall–Kier alpha value is -3.90. The highest BCUT2D eigenvalue weighted by Crippen LogP contribution is 2.36. The van der Waals surface area contributed by atoms with Gasteiger partial charge in [0.05, 0.1) is 17.3 Å². The van der Waals surface area contributed by atoms with Crippen molar-refractivity contribution >= 4 is 0 Å². The fourth-order valence-electron chi connectivity index (χ4n) is 5.22. The maximum atomic E-state index is 14.1. The maximum Gasteiger partial charge on any atom is 0.259 e. The topological polar surface area (TPSA) is 56.6 Å². The molecule has 6 rings (SSSR count). The average molecular weight is 466 g/mol. The summed E-state index contributed by atoms with van der Waals surface area (Å²) in [6.07, 6.45) is 0.750. The number of aryl methyl sites for hydroxylation is 1. The van der Waals surface area contributed by atoms with Crippen LogP contribution in [0.2, 0.25) is 0 Å². The van der Waals surface area contributed by atoms with Crippen LogP contribution in [-0.4, -0.2) is 27.8 Å². The van der Waals surface area contributed by atoms with Crippen molar-refractivity contribution in [3.63, 3.8) is 0 Å². The van der Waals surface area contributed by atoms with Crippen molar-refractivity contribution in [2.75, 3.05) is 13.3 Å². The zero-order chi connectivity index (χ0) is 23.8. The predicted octanol–water partition coefficient (Wildman–Crippen LogP) is 4.48.